The van der Waals surface area contributed by atoms with E-state index in [1.54, 1.807) is 0 Å². The Hall–Kier alpha value is -13.8. The molecule has 0 unspecified atom stereocenters. The second kappa shape index (κ2) is 20.8. The first-order chi connectivity index (χ1) is 54.1. The van der Waals surface area contributed by atoms with E-state index in [0.717, 1.165) is 39.5 Å². The molecule has 0 amide bonds. The zero-order valence-corrected chi connectivity index (χ0v) is 59.2. The fourth-order valence-corrected chi connectivity index (χ4v) is 22.7. The number of hydrogen-bond donors (Lipinski definition) is 0. The fourth-order valence-electron chi connectivity index (χ4n) is 22.7. The molecule has 6 aliphatic carbocycles. The summed E-state index contributed by atoms with van der Waals surface area (Å²) in [7, 11) is 0. The maximum absolute atomic E-state index is 2.76. The Bertz CT molecular complexity index is 6950. The van der Waals surface area contributed by atoms with Crippen LogP contribution in [0.5, 0.6) is 0 Å². The topological polar surface area (TPSA) is 11.4 Å². The maximum atomic E-state index is 2.76. The summed E-state index contributed by atoms with van der Waals surface area (Å²) in [6, 6.07) is 146. The molecule has 500 valence electrons. The normalized spacial score (nSPS) is 15.0. The van der Waals surface area contributed by atoms with Crippen LogP contribution in [0.3, 0.4) is 0 Å². The molecule has 17 aromatic carbocycles. The van der Waals surface area contributed by atoms with E-state index in [1.165, 1.54) is 183 Å². The minimum Gasteiger partial charge on any atom is -0.311 e. The molecular formula is C105H62BN3. The fraction of sp³-hybridized carbons (Fsp3) is 0.0286. The van der Waals surface area contributed by atoms with Gasteiger partial charge in [-0.3, -0.25) is 0 Å². The lowest BCUT2D eigenvalue weighted by molar-refractivity contribution is 0.792. The smallest absolute Gasteiger partial charge is 0.252 e. The van der Waals surface area contributed by atoms with Crippen molar-refractivity contribution in [2.75, 3.05) is 9.80 Å². The van der Waals surface area contributed by atoms with Gasteiger partial charge in [0.25, 0.3) is 6.71 Å². The van der Waals surface area contributed by atoms with Crippen LogP contribution in [0.25, 0.3) is 105 Å². The summed E-state index contributed by atoms with van der Waals surface area (Å²) in [5, 5.41) is 2.44. The molecule has 3 heterocycles. The van der Waals surface area contributed by atoms with E-state index in [-0.39, 0.29) is 6.71 Å². The molecule has 0 fully saturated rings. The lowest BCUT2D eigenvalue weighted by atomic mass is 9.33. The van der Waals surface area contributed by atoms with E-state index in [0.29, 0.717) is 0 Å². The van der Waals surface area contributed by atoms with Gasteiger partial charge in [0, 0.05) is 44.9 Å². The number of nitrogens with zero attached hydrogens (tertiary/aromatic N) is 3. The molecule has 0 atom stereocenters. The molecule has 26 rings (SSSR count). The van der Waals surface area contributed by atoms with E-state index < -0.39 is 16.2 Å². The molecule has 0 bridgehead atoms. The molecule has 8 aliphatic rings. The van der Waals surface area contributed by atoms with Gasteiger partial charge in [0.2, 0.25) is 0 Å². The predicted molar refractivity (Wildman–Crippen MR) is 449 cm³/mol. The van der Waals surface area contributed by atoms with Gasteiger partial charge in [-0.15, -0.1) is 0 Å². The summed E-state index contributed by atoms with van der Waals surface area (Å²) in [6.45, 7) is -0.285. The van der Waals surface area contributed by atoms with Gasteiger partial charge in [0.05, 0.1) is 33.0 Å². The van der Waals surface area contributed by atoms with Crippen molar-refractivity contribution in [3.05, 3.63) is 443 Å². The van der Waals surface area contributed by atoms with Crippen molar-refractivity contribution in [2.45, 2.75) is 16.2 Å². The number of aromatic nitrogens is 1. The van der Waals surface area contributed by atoms with Crippen molar-refractivity contribution in [1.82, 2.24) is 4.57 Å². The SMILES string of the molecule is c1ccc(-c2ccc(N3c4cc5c(cc4B4c6cc7c(cc6N(c6ccc8c(c6)C6(c9ccccc9-c9ccccc96)c6ccccc6-8)c6cc(-n8c9ccccc9c9ccccc98)cc3c64)C3(c4ccccc4-c4ccccc43)c3ccccc3-7)C3(c4ccccc4-c4ccccc43)c3ccccc3-5)cc2)cc1. The summed E-state index contributed by atoms with van der Waals surface area (Å²) in [5.74, 6) is 0. The Labute approximate surface area is 631 Å². The minimum absolute atomic E-state index is 0.285. The first-order valence-corrected chi connectivity index (χ1v) is 38.4. The van der Waals surface area contributed by atoms with Crippen molar-refractivity contribution in [3.8, 4) is 83.6 Å². The van der Waals surface area contributed by atoms with Gasteiger partial charge >= 0.3 is 0 Å². The van der Waals surface area contributed by atoms with Gasteiger partial charge in [-0.2, -0.15) is 0 Å². The average Bonchev–Trinajstić information content (AvgIpc) is 1.56. The van der Waals surface area contributed by atoms with Crippen LogP contribution in [0.2, 0.25) is 0 Å². The summed E-state index contributed by atoms with van der Waals surface area (Å²) >= 11 is 0. The summed E-state index contributed by atoms with van der Waals surface area (Å²) in [4.78, 5) is 5.43. The summed E-state index contributed by atoms with van der Waals surface area (Å²) < 4.78 is 2.56. The Morgan fingerprint density at radius 3 is 0.945 bits per heavy atom. The van der Waals surface area contributed by atoms with Crippen molar-refractivity contribution in [1.29, 1.82) is 0 Å². The van der Waals surface area contributed by atoms with Crippen LogP contribution in [0.1, 0.15) is 66.8 Å². The summed E-state index contributed by atoms with van der Waals surface area (Å²) in [5.41, 5.74) is 45.8. The highest BCUT2D eigenvalue weighted by atomic mass is 15.2. The highest BCUT2D eigenvalue weighted by Crippen LogP contribution is 2.68. The molecule has 1 aromatic heterocycles. The second-order valence-corrected chi connectivity index (χ2v) is 31.1. The molecule has 109 heavy (non-hydrogen) atoms. The molecule has 18 aromatic rings. The number of hydrogen-bond acceptors (Lipinski definition) is 2. The zero-order chi connectivity index (χ0) is 70.7. The molecule has 2 aliphatic heterocycles. The van der Waals surface area contributed by atoms with Crippen LogP contribution in [-0.2, 0) is 16.2 Å². The number of anilines is 6. The number of rotatable bonds is 4. The lowest BCUT2D eigenvalue weighted by Crippen LogP contribution is -2.61. The van der Waals surface area contributed by atoms with E-state index in [4.69, 9.17) is 0 Å². The number of fused-ring (bicyclic) bond motifs is 37. The lowest BCUT2D eigenvalue weighted by Gasteiger charge is -2.45. The number of benzene rings is 17. The molecule has 3 spiro atoms. The third-order valence-electron chi connectivity index (χ3n) is 26.6. The van der Waals surface area contributed by atoms with Gasteiger partial charge in [-0.1, -0.05) is 315 Å². The molecule has 3 nitrogen and oxygen atoms in total. The van der Waals surface area contributed by atoms with E-state index >= 15 is 0 Å². The van der Waals surface area contributed by atoms with Gasteiger partial charge in [-0.25, -0.2) is 0 Å². The largest absolute Gasteiger partial charge is 0.311 e. The highest BCUT2D eigenvalue weighted by Gasteiger charge is 2.58. The minimum atomic E-state index is -0.633. The van der Waals surface area contributed by atoms with Crippen LogP contribution in [-0.4, -0.2) is 11.3 Å². The van der Waals surface area contributed by atoms with Crippen LogP contribution >= 0.6 is 0 Å². The van der Waals surface area contributed by atoms with Gasteiger partial charge < -0.3 is 14.4 Å². The van der Waals surface area contributed by atoms with Crippen LogP contribution in [0.15, 0.2) is 376 Å². The Morgan fingerprint density at radius 1 is 0.193 bits per heavy atom. The van der Waals surface area contributed by atoms with Crippen LogP contribution < -0.4 is 26.2 Å². The van der Waals surface area contributed by atoms with Crippen molar-refractivity contribution in [3.63, 3.8) is 0 Å². The maximum Gasteiger partial charge on any atom is 0.252 e. The molecule has 4 heteroatoms. The number of para-hydroxylation sites is 2. The van der Waals surface area contributed by atoms with Gasteiger partial charge in [0.15, 0.2) is 0 Å². The monoisotopic (exact) mass is 1380 g/mol. The first-order valence-electron chi connectivity index (χ1n) is 38.4. The van der Waals surface area contributed by atoms with Gasteiger partial charge in [0.1, 0.15) is 0 Å². The van der Waals surface area contributed by atoms with E-state index in [1.807, 2.05) is 0 Å². The Morgan fingerprint density at radius 2 is 0.505 bits per heavy atom. The summed E-state index contributed by atoms with van der Waals surface area (Å²) in [6.07, 6.45) is 0. The highest BCUT2D eigenvalue weighted by molar-refractivity contribution is 7.00. The average molecular weight is 1380 g/mol. The first kappa shape index (κ1) is 58.5. The quantitative estimate of drug-likeness (QED) is 0.163. The third kappa shape index (κ3) is 7.00. The molecule has 0 saturated carbocycles. The van der Waals surface area contributed by atoms with Crippen molar-refractivity contribution in [2.24, 2.45) is 0 Å². The Kier molecular flexibility index (Phi) is 11.2. The Balaban J connectivity index is 0.840. The molecule has 0 N–H and O–H groups in total. The van der Waals surface area contributed by atoms with E-state index in [9.17, 15) is 0 Å². The predicted octanol–water partition coefficient (Wildman–Crippen LogP) is 23.6. The zero-order valence-electron chi connectivity index (χ0n) is 59.2. The van der Waals surface area contributed by atoms with E-state index in [2.05, 4.69) is 390 Å². The van der Waals surface area contributed by atoms with Crippen molar-refractivity contribution < 1.29 is 0 Å². The van der Waals surface area contributed by atoms with Crippen LogP contribution in [0.4, 0.5) is 34.1 Å². The molecular weight excluding hydrogens is 1310 g/mol. The molecule has 0 radical (unpaired) electrons. The second-order valence-electron chi connectivity index (χ2n) is 31.1. The standard InChI is InChI=1S/C105H62BN3/c1-2-26-63(27-3-1)64-50-52-65(53-51-64)107-98-60-81-76-36-12-23-47-90(76)104(84-41-17-6-30-70(84)71-31-7-18-42-85(71)104)92(81)61-95(98)106-94-59-80-75-35-11-22-46-89(75)105(86-43-19-8-32-72(86)73-33-9-20-44-87(73)105)93(80)62-99(94)108(101-58-67(57-100(107)102(101)106)109-96-48-24-13-37-78(96)79-38-14-25-49-97(79)109)66-54-55-77-74-34-10-21-45-88(74)103(91(77)56-66)82-39-15-4-28-68(82)69-29-5-16-40-83(69)103/h1-62H. The van der Waals surface area contributed by atoms with Crippen molar-refractivity contribution >= 4 is 79.0 Å². The van der Waals surface area contributed by atoms with Crippen LogP contribution in [0, 0.1) is 0 Å². The third-order valence-corrected chi connectivity index (χ3v) is 26.6. The molecule has 0 saturated heterocycles. The van der Waals surface area contributed by atoms with Gasteiger partial charge in [-0.05, 0) is 222 Å².